The normalized spacial score (nSPS) is 9.31. The van der Waals surface area contributed by atoms with Crippen LogP contribution in [0.15, 0.2) is 12.2 Å². The van der Waals surface area contributed by atoms with Crippen LogP contribution in [0, 0.1) is 0 Å². The molecule has 0 aromatic rings. The zero-order valence-corrected chi connectivity index (χ0v) is 7.75. The fourth-order valence-corrected chi connectivity index (χ4v) is 0.620. The number of hydrogen-bond donors (Lipinski definition) is 0. The first-order chi connectivity index (χ1) is 6.20. The van der Waals surface area contributed by atoms with Crippen molar-refractivity contribution in [2.75, 3.05) is 19.8 Å². The molecule has 0 spiro atoms. The molecular formula is C9H14O4. The van der Waals surface area contributed by atoms with Gasteiger partial charge in [0.1, 0.15) is 12.9 Å². The van der Waals surface area contributed by atoms with E-state index in [9.17, 15) is 9.59 Å². The maximum Gasteiger partial charge on any atom is 0.332 e. The molecule has 0 aliphatic heterocycles. The zero-order chi connectivity index (χ0) is 10.1. The molecule has 0 aliphatic carbocycles. The lowest BCUT2D eigenvalue weighted by Gasteiger charge is -2.02. The van der Waals surface area contributed by atoms with Crippen molar-refractivity contribution < 1.29 is 19.1 Å². The van der Waals surface area contributed by atoms with Crippen LogP contribution in [-0.4, -0.2) is 32.1 Å². The van der Waals surface area contributed by atoms with Gasteiger partial charge in [-0.2, -0.15) is 0 Å². The van der Waals surface area contributed by atoms with Gasteiger partial charge in [-0.05, 0) is 18.9 Å². The van der Waals surface area contributed by atoms with Crippen LogP contribution in [0.4, 0.5) is 0 Å². The van der Waals surface area contributed by atoms with Crippen LogP contribution in [0.2, 0.25) is 0 Å². The Bertz CT molecular complexity index is 186. The van der Waals surface area contributed by atoms with Gasteiger partial charge in [0, 0.05) is 0 Å². The number of aldehydes is 1. The standard InChI is InChI=1S/C9H14O4/c1-3-13-9(11)7-12-5-4-8(2)6-10/h6H,2-5,7H2,1H3. The minimum atomic E-state index is -0.390. The second-order valence-electron chi connectivity index (χ2n) is 2.38. The Labute approximate surface area is 77.5 Å². The third-order valence-corrected chi connectivity index (χ3v) is 1.26. The van der Waals surface area contributed by atoms with Gasteiger partial charge in [0.15, 0.2) is 0 Å². The van der Waals surface area contributed by atoms with Crippen molar-refractivity contribution in [1.29, 1.82) is 0 Å². The summed E-state index contributed by atoms with van der Waals surface area (Å²) >= 11 is 0. The molecule has 0 rings (SSSR count). The number of carbonyl (C=O) groups is 2. The molecule has 0 aliphatic rings. The minimum Gasteiger partial charge on any atom is -0.464 e. The summed E-state index contributed by atoms with van der Waals surface area (Å²) in [5.74, 6) is -0.390. The lowest BCUT2D eigenvalue weighted by atomic mass is 10.2. The van der Waals surface area contributed by atoms with Crippen LogP contribution in [0.25, 0.3) is 0 Å². The second-order valence-corrected chi connectivity index (χ2v) is 2.38. The Morgan fingerprint density at radius 1 is 1.54 bits per heavy atom. The number of hydrogen-bond acceptors (Lipinski definition) is 4. The molecule has 0 aromatic heterocycles. The van der Waals surface area contributed by atoms with E-state index in [-0.39, 0.29) is 12.6 Å². The van der Waals surface area contributed by atoms with Crippen molar-refractivity contribution in [3.63, 3.8) is 0 Å². The predicted molar refractivity (Wildman–Crippen MR) is 47.3 cm³/mol. The van der Waals surface area contributed by atoms with E-state index in [0.717, 1.165) is 0 Å². The lowest BCUT2D eigenvalue weighted by molar-refractivity contribution is -0.148. The third-order valence-electron chi connectivity index (χ3n) is 1.26. The second kappa shape index (κ2) is 7.49. The number of carbonyl (C=O) groups excluding carboxylic acids is 2. The maximum atomic E-state index is 10.7. The summed E-state index contributed by atoms with van der Waals surface area (Å²) in [6.07, 6.45) is 1.12. The quantitative estimate of drug-likeness (QED) is 0.254. The van der Waals surface area contributed by atoms with Crippen molar-refractivity contribution in [2.24, 2.45) is 0 Å². The van der Waals surface area contributed by atoms with E-state index in [4.69, 9.17) is 4.74 Å². The first-order valence-electron chi connectivity index (χ1n) is 4.07. The molecule has 0 radical (unpaired) electrons. The highest BCUT2D eigenvalue weighted by atomic mass is 16.6. The SMILES string of the molecule is C=C(C=O)CCOCC(=O)OCC. The minimum absolute atomic E-state index is 0.0695. The number of esters is 1. The van der Waals surface area contributed by atoms with E-state index in [1.807, 2.05) is 0 Å². The summed E-state index contributed by atoms with van der Waals surface area (Å²) in [4.78, 5) is 20.8. The smallest absolute Gasteiger partial charge is 0.332 e. The van der Waals surface area contributed by atoms with Gasteiger partial charge in [-0.25, -0.2) is 4.79 Å². The molecule has 0 unspecified atom stereocenters. The zero-order valence-electron chi connectivity index (χ0n) is 7.75. The van der Waals surface area contributed by atoms with Crippen molar-refractivity contribution in [3.8, 4) is 0 Å². The summed E-state index contributed by atoms with van der Waals surface area (Å²) in [6.45, 7) is 5.79. The highest BCUT2D eigenvalue weighted by Gasteiger charge is 2.00. The Morgan fingerprint density at radius 3 is 2.77 bits per heavy atom. The predicted octanol–water partition coefficient (Wildman–Crippen LogP) is 0.711. The Kier molecular flexibility index (Phi) is 6.82. The molecule has 0 bridgehead atoms. The van der Waals surface area contributed by atoms with Crippen LogP contribution < -0.4 is 0 Å². The van der Waals surface area contributed by atoms with Gasteiger partial charge in [-0.3, -0.25) is 4.79 Å². The molecule has 0 atom stereocenters. The van der Waals surface area contributed by atoms with Gasteiger partial charge in [0.2, 0.25) is 0 Å². The van der Waals surface area contributed by atoms with Crippen LogP contribution >= 0.6 is 0 Å². The van der Waals surface area contributed by atoms with Gasteiger partial charge >= 0.3 is 5.97 Å². The average molecular weight is 186 g/mol. The monoisotopic (exact) mass is 186 g/mol. The largest absolute Gasteiger partial charge is 0.464 e. The van der Waals surface area contributed by atoms with E-state index in [1.54, 1.807) is 6.92 Å². The van der Waals surface area contributed by atoms with Gasteiger partial charge in [-0.15, -0.1) is 0 Å². The van der Waals surface area contributed by atoms with Gasteiger partial charge in [0.25, 0.3) is 0 Å². The van der Waals surface area contributed by atoms with E-state index in [1.165, 1.54) is 0 Å². The summed E-state index contributed by atoms with van der Waals surface area (Å²) in [7, 11) is 0. The highest BCUT2D eigenvalue weighted by Crippen LogP contribution is 1.93. The van der Waals surface area contributed by atoms with E-state index in [0.29, 0.717) is 31.5 Å². The average Bonchev–Trinajstić information content (AvgIpc) is 2.12. The molecule has 4 heteroatoms. The Hall–Kier alpha value is -1.16. The van der Waals surface area contributed by atoms with Crippen LogP contribution in [0.1, 0.15) is 13.3 Å². The first kappa shape index (κ1) is 11.8. The molecule has 0 N–H and O–H groups in total. The van der Waals surface area contributed by atoms with Crippen molar-refractivity contribution >= 4 is 12.3 Å². The van der Waals surface area contributed by atoms with Crippen LogP contribution in [-0.2, 0) is 19.1 Å². The fourth-order valence-electron chi connectivity index (χ4n) is 0.620. The lowest BCUT2D eigenvalue weighted by Crippen LogP contribution is -2.13. The summed E-state index contributed by atoms with van der Waals surface area (Å²) < 4.78 is 9.55. The van der Waals surface area contributed by atoms with Gasteiger partial charge in [-0.1, -0.05) is 6.58 Å². The fraction of sp³-hybridized carbons (Fsp3) is 0.556. The van der Waals surface area contributed by atoms with Crippen LogP contribution in [0.3, 0.4) is 0 Å². The molecule has 0 aromatic carbocycles. The Morgan fingerprint density at radius 2 is 2.23 bits per heavy atom. The maximum absolute atomic E-state index is 10.7. The molecule has 0 amide bonds. The number of rotatable bonds is 7. The molecule has 0 heterocycles. The number of ether oxygens (including phenoxy) is 2. The van der Waals surface area contributed by atoms with Crippen molar-refractivity contribution in [3.05, 3.63) is 12.2 Å². The molecule has 0 saturated carbocycles. The van der Waals surface area contributed by atoms with Crippen LogP contribution in [0.5, 0.6) is 0 Å². The topological polar surface area (TPSA) is 52.6 Å². The van der Waals surface area contributed by atoms with E-state index >= 15 is 0 Å². The molecule has 4 nitrogen and oxygen atoms in total. The van der Waals surface area contributed by atoms with Crippen molar-refractivity contribution in [2.45, 2.75) is 13.3 Å². The first-order valence-corrected chi connectivity index (χ1v) is 4.07. The molecular weight excluding hydrogens is 172 g/mol. The van der Waals surface area contributed by atoms with E-state index in [2.05, 4.69) is 11.3 Å². The molecule has 0 saturated heterocycles. The highest BCUT2D eigenvalue weighted by molar-refractivity contribution is 5.72. The Balaban J connectivity index is 3.30. The molecule has 0 fully saturated rings. The molecule has 13 heavy (non-hydrogen) atoms. The summed E-state index contributed by atoms with van der Waals surface area (Å²) in [6, 6.07) is 0. The van der Waals surface area contributed by atoms with E-state index < -0.39 is 0 Å². The third kappa shape index (κ3) is 7.21. The summed E-state index contributed by atoms with van der Waals surface area (Å²) in [5, 5.41) is 0. The van der Waals surface area contributed by atoms with Gasteiger partial charge < -0.3 is 9.47 Å². The van der Waals surface area contributed by atoms with Gasteiger partial charge in [0.05, 0.1) is 13.2 Å². The summed E-state index contributed by atoms with van der Waals surface area (Å²) in [5.41, 5.74) is 0.462. The molecule has 74 valence electrons. The van der Waals surface area contributed by atoms with Crippen molar-refractivity contribution in [1.82, 2.24) is 0 Å².